The Labute approximate surface area is 78.8 Å². The molecule has 0 aliphatic carbocycles. The molecule has 1 N–H and O–H groups in total. The molecule has 0 aliphatic heterocycles. The molecule has 0 aliphatic rings. The second-order valence-corrected chi connectivity index (χ2v) is 2.88. The topological polar surface area (TPSA) is 50.4 Å². The highest BCUT2D eigenvalue weighted by atomic mass is 19.1. The second-order valence-electron chi connectivity index (χ2n) is 2.88. The Hall–Kier alpha value is -1.84. The number of hydrogen-bond donors (Lipinski definition) is 1. The average molecular weight is 194 g/mol. The third kappa shape index (κ3) is 1.16. The van der Waals surface area contributed by atoms with Crippen molar-refractivity contribution in [3.05, 3.63) is 35.6 Å². The van der Waals surface area contributed by atoms with E-state index >= 15 is 0 Å². The maximum Gasteiger partial charge on any atom is 0.336 e. The number of carboxylic acids is 1. The van der Waals surface area contributed by atoms with Gasteiger partial charge >= 0.3 is 5.97 Å². The van der Waals surface area contributed by atoms with E-state index in [0.717, 1.165) is 0 Å². The third-order valence-corrected chi connectivity index (χ3v) is 2.05. The van der Waals surface area contributed by atoms with E-state index in [1.54, 1.807) is 12.1 Å². The monoisotopic (exact) mass is 194 g/mol. The van der Waals surface area contributed by atoms with Crippen LogP contribution in [-0.2, 0) is 6.67 Å². The summed E-state index contributed by atoms with van der Waals surface area (Å²) >= 11 is 0. The van der Waals surface area contributed by atoms with Gasteiger partial charge in [0.1, 0.15) is 12.3 Å². The van der Waals surface area contributed by atoms with Crippen LogP contribution in [0.15, 0.2) is 28.9 Å². The quantitative estimate of drug-likeness (QED) is 0.799. The zero-order chi connectivity index (χ0) is 10.1. The van der Waals surface area contributed by atoms with Gasteiger partial charge in [-0.05, 0) is 12.1 Å². The van der Waals surface area contributed by atoms with Crippen molar-refractivity contribution in [2.75, 3.05) is 0 Å². The Balaban J connectivity index is 2.81. The first-order chi connectivity index (χ1) is 6.74. The van der Waals surface area contributed by atoms with E-state index in [0.29, 0.717) is 11.0 Å². The minimum atomic E-state index is -1.08. The summed E-state index contributed by atoms with van der Waals surface area (Å²) in [6.07, 6.45) is 1.25. The molecule has 14 heavy (non-hydrogen) atoms. The van der Waals surface area contributed by atoms with E-state index in [1.165, 1.54) is 12.3 Å². The lowest BCUT2D eigenvalue weighted by Gasteiger charge is -1.96. The van der Waals surface area contributed by atoms with Crippen LogP contribution in [0, 0.1) is 0 Å². The van der Waals surface area contributed by atoms with Crippen molar-refractivity contribution in [2.45, 2.75) is 6.67 Å². The fourth-order valence-electron chi connectivity index (χ4n) is 1.43. The summed E-state index contributed by atoms with van der Waals surface area (Å²) in [5, 5.41) is 9.21. The van der Waals surface area contributed by atoms with Crippen LogP contribution in [-0.4, -0.2) is 11.1 Å². The number of benzene rings is 1. The van der Waals surface area contributed by atoms with E-state index in [2.05, 4.69) is 0 Å². The minimum Gasteiger partial charge on any atom is -0.478 e. The van der Waals surface area contributed by atoms with Gasteiger partial charge in [0.25, 0.3) is 0 Å². The van der Waals surface area contributed by atoms with Gasteiger partial charge < -0.3 is 9.52 Å². The molecule has 4 heteroatoms. The van der Waals surface area contributed by atoms with Gasteiger partial charge in [-0.15, -0.1) is 0 Å². The molecule has 3 nitrogen and oxygen atoms in total. The SMILES string of the molecule is O=C(O)c1cccc2occ(CF)c12. The second kappa shape index (κ2) is 3.14. The highest BCUT2D eigenvalue weighted by Gasteiger charge is 2.14. The van der Waals surface area contributed by atoms with E-state index in [-0.39, 0.29) is 11.1 Å². The summed E-state index contributed by atoms with van der Waals surface area (Å²) < 4.78 is 17.5. The lowest BCUT2D eigenvalue weighted by atomic mass is 10.1. The number of carboxylic acid groups (broad SMARTS) is 1. The molecule has 1 aromatic heterocycles. The van der Waals surface area contributed by atoms with Crippen LogP contribution in [0.5, 0.6) is 0 Å². The zero-order valence-electron chi connectivity index (χ0n) is 7.16. The Morgan fingerprint density at radius 1 is 1.50 bits per heavy atom. The number of carbonyl (C=O) groups is 1. The summed E-state index contributed by atoms with van der Waals surface area (Å²) in [6, 6.07) is 4.61. The van der Waals surface area contributed by atoms with Crippen LogP contribution in [0.4, 0.5) is 4.39 Å². The largest absolute Gasteiger partial charge is 0.478 e. The van der Waals surface area contributed by atoms with Crippen molar-refractivity contribution in [3.8, 4) is 0 Å². The van der Waals surface area contributed by atoms with Crippen LogP contribution in [0.2, 0.25) is 0 Å². The van der Waals surface area contributed by atoms with Gasteiger partial charge in [-0.1, -0.05) is 6.07 Å². The van der Waals surface area contributed by atoms with Crippen molar-refractivity contribution in [1.29, 1.82) is 0 Å². The molecular formula is C10H7FO3. The molecule has 0 saturated carbocycles. The molecule has 2 rings (SSSR count). The van der Waals surface area contributed by atoms with Crippen LogP contribution < -0.4 is 0 Å². The number of rotatable bonds is 2. The van der Waals surface area contributed by atoms with Gasteiger partial charge in [-0.25, -0.2) is 9.18 Å². The maximum atomic E-state index is 12.5. The molecule has 0 unspecified atom stereocenters. The lowest BCUT2D eigenvalue weighted by molar-refractivity contribution is 0.0699. The molecule has 2 aromatic rings. The van der Waals surface area contributed by atoms with Gasteiger partial charge in [-0.3, -0.25) is 0 Å². The molecule has 0 amide bonds. The molecule has 0 fully saturated rings. The van der Waals surface area contributed by atoms with Gasteiger partial charge in [0, 0.05) is 10.9 Å². The van der Waals surface area contributed by atoms with E-state index < -0.39 is 12.6 Å². The molecule has 0 atom stereocenters. The number of alkyl halides is 1. The highest BCUT2D eigenvalue weighted by Crippen LogP contribution is 2.25. The first-order valence-electron chi connectivity index (χ1n) is 4.02. The predicted octanol–water partition coefficient (Wildman–Crippen LogP) is 2.60. The van der Waals surface area contributed by atoms with Crippen LogP contribution in [0.1, 0.15) is 15.9 Å². The van der Waals surface area contributed by atoms with Gasteiger partial charge in [0.15, 0.2) is 0 Å². The highest BCUT2D eigenvalue weighted by molar-refractivity contribution is 6.03. The Morgan fingerprint density at radius 2 is 2.29 bits per heavy atom. The number of fused-ring (bicyclic) bond motifs is 1. The van der Waals surface area contributed by atoms with Crippen LogP contribution >= 0.6 is 0 Å². The first-order valence-corrected chi connectivity index (χ1v) is 4.02. The fraction of sp³-hybridized carbons (Fsp3) is 0.100. The standard InChI is InChI=1S/C10H7FO3/c11-4-6-5-14-8-3-1-2-7(9(6)8)10(12)13/h1-3,5H,4H2,(H,12,13). The minimum absolute atomic E-state index is 0.0731. The number of halogens is 1. The summed E-state index contributed by atoms with van der Waals surface area (Å²) in [5.74, 6) is -1.08. The lowest BCUT2D eigenvalue weighted by Crippen LogP contribution is -1.97. The Bertz CT molecular complexity index is 487. The van der Waals surface area contributed by atoms with Crippen molar-refractivity contribution in [1.82, 2.24) is 0 Å². The molecule has 0 bridgehead atoms. The van der Waals surface area contributed by atoms with Crippen LogP contribution in [0.25, 0.3) is 11.0 Å². The van der Waals surface area contributed by atoms with Gasteiger partial charge in [0.2, 0.25) is 0 Å². The number of aromatic carboxylic acids is 1. The summed E-state index contributed by atoms with van der Waals surface area (Å²) in [6.45, 7) is -0.725. The van der Waals surface area contributed by atoms with Gasteiger partial charge in [-0.2, -0.15) is 0 Å². The predicted molar refractivity (Wildman–Crippen MR) is 48.0 cm³/mol. The summed E-state index contributed by atoms with van der Waals surface area (Å²) in [4.78, 5) is 10.8. The van der Waals surface area contributed by atoms with Crippen molar-refractivity contribution < 1.29 is 18.7 Å². The molecule has 1 heterocycles. The summed E-state index contributed by atoms with van der Waals surface area (Å²) in [7, 11) is 0. The molecule has 0 spiro atoms. The van der Waals surface area contributed by atoms with E-state index in [4.69, 9.17) is 9.52 Å². The van der Waals surface area contributed by atoms with Crippen molar-refractivity contribution in [2.24, 2.45) is 0 Å². The third-order valence-electron chi connectivity index (χ3n) is 2.05. The average Bonchev–Trinajstić information content (AvgIpc) is 2.59. The van der Waals surface area contributed by atoms with E-state index in [1.807, 2.05) is 0 Å². The zero-order valence-corrected chi connectivity index (χ0v) is 7.16. The molecular weight excluding hydrogens is 187 g/mol. The van der Waals surface area contributed by atoms with Gasteiger partial charge in [0.05, 0.1) is 11.8 Å². The molecule has 1 aromatic carbocycles. The first kappa shape index (κ1) is 8.74. The molecule has 72 valence electrons. The van der Waals surface area contributed by atoms with Crippen molar-refractivity contribution in [3.63, 3.8) is 0 Å². The summed E-state index contributed by atoms with van der Waals surface area (Å²) in [5.41, 5.74) is 0.749. The Kier molecular flexibility index (Phi) is 1.96. The number of hydrogen-bond acceptors (Lipinski definition) is 2. The van der Waals surface area contributed by atoms with E-state index in [9.17, 15) is 9.18 Å². The molecule has 0 saturated heterocycles. The molecule has 0 radical (unpaired) electrons. The smallest absolute Gasteiger partial charge is 0.336 e. The van der Waals surface area contributed by atoms with Crippen LogP contribution in [0.3, 0.4) is 0 Å². The fourth-order valence-corrected chi connectivity index (χ4v) is 1.43. The Morgan fingerprint density at radius 3 is 2.93 bits per heavy atom. The van der Waals surface area contributed by atoms with Crippen molar-refractivity contribution >= 4 is 16.9 Å². The maximum absolute atomic E-state index is 12.5. The number of furan rings is 1. The normalized spacial score (nSPS) is 10.6.